The zero-order valence-corrected chi connectivity index (χ0v) is 36.9. The lowest BCUT2D eigenvalue weighted by atomic mass is 9.92. The van der Waals surface area contributed by atoms with Crippen molar-refractivity contribution in [2.24, 2.45) is 5.92 Å². The van der Waals surface area contributed by atoms with Gasteiger partial charge in [0.25, 0.3) is 0 Å². The number of unbranched alkanes of at least 4 members (excludes halogenated alkanes) is 1. The van der Waals surface area contributed by atoms with Crippen LogP contribution < -0.4 is 24.9 Å². The summed E-state index contributed by atoms with van der Waals surface area (Å²) in [6.07, 6.45) is 4.12. The topological polar surface area (TPSA) is 121 Å². The van der Waals surface area contributed by atoms with Gasteiger partial charge >= 0.3 is 0 Å². The Kier molecular flexibility index (Phi) is 14.1. The number of methoxy groups -OCH3 is 1. The van der Waals surface area contributed by atoms with Crippen LogP contribution in [0.15, 0.2) is 91.0 Å². The van der Waals surface area contributed by atoms with Crippen LogP contribution in [0.3, 0.4) is 0 Å². The van der Waals surface area contributed by atoms with Gasteiger partial charge in [-0.2, -0.15) is 0 Å². The van der Waals surface area contributed by atoms with Gasteiger partial charge in [0, 0.05) is 18.8 Å². The lowest BCUT2D eigenvalue weighted by molar-refractivity contribution is -0.138. The van der Waals surface area contributed by atoms with Crippen LogP contribution in [0, 0.1) is 5.92 Å². The molecule has 10 nitrogen and oxygen atoms in total. The summed E-state index contributed by atoms with van der Waals surface area (Å²) in [7, 11) is -0.550. The Labute approximate surface area is 356 Å². The average molecular weight is 834 g/mol. The quantitative estimate of drug-likeness (QED) is 0.0795. The minimum Gasteiger partial charge on any atom is -0.497 e. The highest BCUT2D eigenvalue weighted by molar-refractivity contribution is 6.91. The van der Waals surface area contributed by atoms with Crippen LogP contribution in [-0.4, -0.2) is 92.8 Å². The summed E-state index contributed by atoms with van der Waals surface area (Å²) >= 11 is 0. The third kappa shape index (κ3) is 9.35. The van der Waals surface area contributed by atoms with Gasteiger partial charge in [0.05, 0.1) is 64.8 Å². The minimum absolute atomic E-state index is 0.00209. The molecular weight excluding hydrogens is 771 g/mol. The number of carbonyl (C=O) groups is 2. The normalized spacial score (nSPS) is 22.7. The number of ether oxygens (including phenoxy) is 3. The maximum absolute atomic E-state index is 14.4. The van der Waals surface area contributed by atoms with Gasteiger partial charge in [-0.1, -0.05) is 73.7 Å². The molecule has 1 saturated heterocycles. The molecule has 7 rings (SSSR count). The Balaban J connectivity index is 1.12. The Morgan fingerprint density at radius 1 is 0.900 bits per heavy atom. The molecule has 3 heterocycles. The van der Waals surface area contributed by atoms with Gasteiger partial charge in [-0.05, 0) is 128 Å². The number of carbonyl (C=O) groups excluding carboxylic acids is 2. The maximum Gasteiger partial charge on any atom is 0.249 e. The van der Waals surface area contributed by atoms with Crippen LogP contribution in [0.1, 0.15) is 61.8 Å². The average Bonchev–Trinajstić information content (AvgIpc) is 3.58. The molecule has 0 bridgehead atoms. The fourth-order valence-electron chi connectivity index (χ4n) is 10.1. The van der Waals surface area contributed by atoms with E-state index < -0.39 is 14.1 Å². The molecule has 4 aromatic rings. The second-order valence-corrected chi connectivity index (χ2v) is 22.0. The van der Waals surface area contributed by atoms with Gasteiger partial charge in [0.1, 0.15) is 11.5 Å². The van der Waals surface area contributed by atoms with Gasteiger partial charge in [0.2, 0.25) is 11.8 Å². The molecule has 3 aliphatic heterocycles. The van der Waals surface area contributed by atoms with Crippen molar-refractivity contribution in [3.05, 3.63) is 113 Å². The molecule has 0 spiro atoms. The molecule has 0 radical (unpaired) electrons. The first-order valence-electron chi connectivity index (χ1n) is 21.9. The Hall–Kier alpha value is -4.52. The third-order valence-electron chi connectivity index (χ3n) is 13.2. The van der Waals surface area contributed by atoms with E-state index in [0.717, 1.165) is 58.8 Å². The SMILES string of the molecule is CCOc1ccc2c(c1)CC(NCCCCO)C(=O)N2c1cccc(CC[C@@H]2O[C@H](CC(=O)N3Cc4ccccc4C[C@H]3CO)[C@@H]([Si](C)(C)c3ccc(OC)cc3)[C@@H]2C)c1. The zero-order valence-electron chi connectivity index (χ0n) is 35.9. The highest BCUT2D eigenvalue weighted by Gasteiger charge is 2.51. The first-order chi connectivity index (χ1) is 29.1. The van der Waals surface area contributed by atoms with Crippen molar-refractivity contribution in [2.75, 3.05) is 38.4 Å². The number of hydrogen-bond donors (Lipinski definition) is 3. The molecule has 4 aromatic carbocycles. The van der Waals surface area contributed by atoms with Gasteiger partial charge in [-0.25, -0.2) is 0 Å². The van der Waals surface area contributed by atoms with E-state index in [1.54, 1.807) is 7.11 Å². The van der Waals surface area contributed by atoms with Crippen molar-refractivity contribution >= 4 is 36.4 Å². The van der Waals surface area contributed by atoms with Crippen LogP contribution in [0.4, 0.5) is 11.4 Å². The van der Waals surface area contributed by atoms with E-state index in [1.165, 1.54) is 10.8 Å². The summed E-state index contributed by atoms with van der Waals surface area (Å²) in [5, 5.41) is 24.5. The number of hydrogen-bond acceptors (Lipinski definition) is 8. The molecule has 1 unspecified atom stereocenters. The standard InChI is InChI=1S/C49H63N3O7Si/c1-6-58-41-19-22-44-37(28-41)29-43(50-24-9-10-25-53)49(56)52(44)38-15-11-12-34(26-38)16-23-45-33(2)48(60(4,5)42-20-17-40(57-3)18-21-42)46(59-45)30-47(55)51-31-36-14-8-7-13-35(36)27-39(51)32-54/h7-8,11-15,17-22,26,28,33,39,43,45-46,48,50,53-54H,6,9-10,16,23-25,27,29-32H2,1-5H3/t33-,39+,43?,45+,46-,48+/m1/s1. The number of rotatable bonds is 17. The number of fused-ring (bicyclic) bond motifs is 2. The number of amides is 2. The molecule has 3 N–H and O–H groups in total. The van der Waals surface area contributed by atoms with E-state index >= 15 is 0 Å². The van der Waals surface area contributed by atoms with Crippen molar-refractivity contribution in [2.45, 2.75) is 108 Å². The molecular formula is C49H63N3O7Si. The molecule has 11 heteroatoms. The largest absolute Gasteiger partial charge is 0.497 e. The monoisotopic (exact) mass is 833 g/mol. The number of aryl methyl sites for hydroxylation is 1. The number of benzene rings is 4. The van der Waals surface area contributed by atoms with Crippen LogP contribution in [-0.2, 0) is 40.1 Å². The van der Waals surface area contributed by atoms with E-state index in [4.69, 9.17) is 14.2 Å². The van der Waals surface area contributed by atoms with E-state index in [0.29, 0.717) is 39.0 Å². The lowest BCUT2D eigenvalue weighted by Gasteiger charge is -2.39. The molecule has 6 atom stereocenters. The summed E-state index contributed by atoms with van der Waals surface area (Å²) in [6, 6.07) is 30.2. The number of aliphatic hydroxyl groups excluding tert-OH is 2. The predicted octanol–water partition coefficient (Wildman–Crippen LogP) is 6.70. The molecule has 320 valence electrons. The summed E-state index contributed by atoms with van der Waals surface area (Å²) in [5.41, 5.74) is 6.34. The van der Waals surface area contributed by atoms with Crippen LogP contribution in [0.2, 0.25) is 18.6 Å². The highest BCUT2D eigenvalue weighted by atomic mass is 28.3. The molecule has 3 aliphatic rings. The summed E-state index contributed by atoms with van der Waals surface area (Å²) in [6.45, 7) is 10.8. The second-order valence-electron chi connectivity index (χ2n) is 17.3. The van der Waals surface area contributed by atoms with Gasteiger partial charge < -0.3 is 34.6 Å². The fourth-order valence-corrected chi connectivity index (χ4v) is 14.1. The van der Waals surface area contributed by atoms with Crippen LogP contribution >= 0.6 is 0 Å². The Morgan fingerprint density at radius 3 is 2.40 bits per heavy atom. The summed E-state index contributed by atoms with van der Waals surface area (Å²) in [4.78, 5) is 32.3. The minimum atomic E-state index is -2.23. The van der Waals surface area contributed by atoms with Crippen molar-refractivity contribution in [3.63, 3.8) is 0 Å². The van der Waals surface area contributed by atoms with E-state index in [9.17, 15) is 19.8 Å². The van der Waals surface area contributed by atoms with Crippen molar-refractivity contribution in [1.29, 1.82) is 0 Å². The zero-order chi connectivity index (χ0) is 42.4. The fraction of sp³-hybridized carbons (Fsp3) is 0.469. The van der Waals surface area contributed by atoms with Gasteiger partial charge in [-0.15, -0.1) is 0 Å². The summed E-state index contributed by atoms with van der Waals surface area (Å²) < 4.78 is 18.4. The molecule has 0 aliphatic carbocycles. The third-order valence-corrected chi connectivity index (χ3v) is 17.6. The molecule has 60 heavy (non-hydrogen) atoms. The lowest BCUT2D eigenvalue weighted by Crippen LogP contribution is -2.52. The van der Waals surface area contributed by atoms with E-state index in [1.807, 2.05) is 71.3 Å². The molecule has 2 amide bonds. The highest BCUT2D eigenvalue weighted by Crippen LogP contribution is 2.47. The Bertz CT molecular complexity index is 2090. The molecule has 1 fully saturated rings. The number of nitrogens with zero attached hydrogens (tertiary/aromatic N) is 2. The van der Waals surface area contributed by atoms with Crippen molar-refractivity contribution in [3.8, 4) is 11.5 Å². The molecule has 0 aromatic heterocycles. The van der Waals surface area contributed by atoms with Crippen molar-refractivity contribution < 1.29 is 34.0 Å². The van der Waals surface area contributed by atoms with Gasteiger partial charge in [0.15, 0.2) is 0 Å². The first kappa shape index (κ1) is 43.6. The van der Waals surface area contributed by atoms with Crippen molar-refractivity contribution in [1.82, 2.24) is 10.2 Å². The number of nitrogens with one attached hydrogen (secondary N) is 1. The predicted molar refractivity (Wildman–Crippen MR) is 239 cm³/mol. The van der Waals surface area contributed by atoms with E-state index in [2.05, 4.69) is 61.7 Å². The number of anilines is 2. The Morgan fingerprint density at radius 2 is 1.67 bits per heavy atom. The second kappa shape index (κ2) is 19.5. The van der Waals surface area contributed by atoms with Gasteiger partial charge in [-0.3, -0.25) is 14.5 Å². The first-order valence-corrected chi connectivity index (χ1v) is 24.9. The van der Waals surface area contributed by atoms with Crippen LogP contribution in [0.5, 0.6) is 11.5 Å². The summed E-state index contributed by atoms with van der Waals surface area (Å²) in [5.74, 6) is 1.83. The van der Waals surface area contributed by atoms with Crippen LogP contribution in [0.25, 0.3) is 0 Å². The maximum atomic E-state index is 14.4. The molecule has 0 saturated carbocycles. The smallest absolute Gasteiger partial charge is 0.249 e. The number of aliphatic hydroxyl groups is 2. The van der Waals surface area contributed by atoms with E-state index in [-0.39, 0.29) is 61.2 Å².